The molecule has 0 saturated carbocycles. The second kappa shape index (κ2) is 5.78. The van der Waals surface area contributed by atoms with E-state index in [0.29, 0.717) is 5.92 Å². The van der Waals surface area contributed by atoms with E-state index in [1.807, 2.05) is 38.4 Å². The van der Waals surface area contributed by atoms with Crippen LogP contribution in [-0.2, 0) is 6.42 Å². The molecule has 0 amide bonds. The molecular formula is C15H20N4. The molecule has 0 radical (unpaired) electrons. The lowest BCUT2D eigenvalue weighted by Crippen LogP contribution is -2.09. The third-order valence-electron chi connectivity index (χ3n) is 3.09. The van der Waals surface area contributed by atoms with Gasteiger partial charge in [-0.2, -0.15) is 0 Å². The van der Waals surface area contributed by atoms with E-state index in [1.165, 1.54) is 0 Å². The zero-order chi connectivity index (χ0) is 13.8. The Balaban J connectivity index is 2.41. The number of pyridine rings is 1. The third kappa shape index (κ3) is 3.08. The average molecular weight is 256 g/mol. The molecule has 0 unspecified atom stereocenters. The zero-order valence-electron chi connectivity index (χ0n) is 11.9. The number of nitrogens with one attached hydrogen (secondary N) is 1. The Morgan fingerprint density at radius 2 is 2.00 bits per heavy atom. The van der Waals surface area contributed by atoms with Gasteiger partial charge < -0.3 is 5.32 Å². The largest absolute Gasteiger partial charge is 0.373 e. The fourth-order valence-corrected chi connectivity index (χ4v) is 1.93. The van der Waals surface area contributed by atoms with Crippen LogP contribution in [-0.4, -0.2) is 22.0 Å². The summed E-state index contributed by atoms with van der Waals surface area (Å²) in [7, 11) is 1.89. The minimum Gasteiger partial charge on any atom is -0.373 e. The Morgan fingerprint density at radius 1 is 1.21 bits per heavy atom. The summed E-state index contributed by atoms with van der Waals surface area (Å²) < 4.78 is 0. The van der Waals surface area contributed by atoms with Crippen molar-refractivity contribution in [2.75, 3.05) is 12.4 Å². The van der Waals surface area contributed by atoms with Crippen LogP contribution in [0, 0.1) is 6.92 Å². The monoisotopic (exact) mass is 256 g/mol. The predicted molar refractivity (Wildman–Crippen MR) is 77.4 cm³/mol. The van der Waals surface area contributed by atoms with Gasteiger partial charge in [0.15, 0.2) is 0 Å². The minimum absolute atomic E-state index is 0.315. The van der Waals surface area contributed by atoms with E-state index in [4.69, 9.17) is 0 Å². The molecule has 100 valence electrons. The van der Waals surface area contributed by atoms with Gasteiger partial charge in [-0.3, -0.25) is 4.98 Å². The van der Waals surface area contributed by atoms with Crippen LogP contribution in [0.25, 0.3) is 0 Å². The van der Waals surface area contributed by atoms with Crippen molar-refractivity contribution in [2.24, 2.45) is 0 Å². The molecule has 0 aromatic carbocycles. The smallest absolute Gasteiger partial charge is 0.133 e. The second-order valence-electron chi connectivity index (χ2n) is 4.90. The normalized spacial score (nSPS) is 10.8. The molecule has 0 aliphatic heterocycles. The standard InChI is InChI=1S/C15H20N4/c1-10(2)14-18-13(11(3)15(16-4)19-14)9-12-7-5-6-8-17-12/h5-8,10H,9H2,1-4H3,(H,16,18,19). The average Bonchev–Trinajstić information content (AvgIpc) is 2.42. The number of nitrogens with zero attached hydrogens (tertiary/aromatic N) is 3. The van der Waals surface area contributed by atoms with Crippen LogP contribution < -0.4 is 5.32 Å². The van der Waals surface area contributed by atoms with Crippen LogP contribution in [0.15, 0.2) is 24.4 Å². The molecule has 0 aliphatic carbocycles. The summed E-state index contributed by atoms with van der Waals surface area (Å²) in [6.45, 7) is 6.26. The van der Waals surface area contributed by atoms with Crippen LogP contribution in [0.5, 0.6) is 0 Å². The highest BCUT2D eigenvalue weighted by atomic mass is 15.0. The van der Waals surface area contributed by atoms with Crippen LogP contribution in [0.2, 0.25) is 0 Å². The van der Waals surface area contributed by atoms with Gasteiger partial charge in [0.05, 0.1) is 5.69 Å². The quantitative estimate of drug-likeness (QED) is 0.913. The number of rotatable bonds is 4. The molecule has 4 nitrogen and oxygen atoms in total. The van der Waals surface area contributed by atoms with Crippen molar-refractivity contribution >= 4 is 5.82 Å². The number of hydrogen-bond donors (Lipinski definition) is 1. The van der Waals surface area contributed by atoms with E-state index in [9.17, 15) is 0 Å². The summed E-state index contributed by atoms with van der Waals surface area (Å²) in [5.41, 5.74) is 3.17. The van der Waals surface area contributed by atoms with Gasteiger partial charge in [0.25, 0.3) is 0 Å². The van der Waals surface area contributed by atoms with Gasteiger partial charge >= 0.3 is 0 Å². The number of hydrogen-bond acceptors (Lipinski definition) is 4. The van der Waals surface area contributed by atoms with Crippen LogP contribution in [0.4, 0.5) is 5.82 Å². The SMILES string of the molecule is CNc1nc(C(C)C)nc(Cc2ccccn2)c1C. The fraction of sp³-hybridized carbons (Fsp3) is 0.400. The lowest BCUT2D eigenvalue weighted by molar-refractivity contribution is 0.757. The van der Waals surface area contributed by atoms with Gasteiger partial charge in [-0.15, -0.1) is 0 Å². The highest BCUT2D eigenvalue weighted by Gasteiger charge is 2.12. The minimum atomic E-state index is 0.315. The van der Waals surface area contributed by atoms with Crippen molar-refractivity contribution in [1.29, 1.82) is 0 Å². The summed E-state index contributed by atoms with van der Waals surface area (Å²) in [6.07, 6.45) is 2.55. The maximum atomic E-state index is 4.68. The molecule has 2 aromatic heterocycles. The van der Waals surface area contributed by atoms with E-state index in [1.54, 1.807) is 0 Å². The maximum Gasteiger partial charge on any atom is 0.133 e. The van der Waals surface area contributed by atoms with Gasteiger partial charge in [-0.05, 0) is 19.1 Å². The first-order chi connectivity index (χ1) is 9.11. The Bertz CT molecular complexity index is 550. The lowest BCUT2D eigenvalue weighted by atomic mass is 10.1. The molecule has 2 rings (SSSR count). The summed E-state index contributed by atoms with van der Waals surface area (Å²) in [6, 6.07) is 5.95. The lowest BCUT2D eigenvalue weighted by Gasteiger charge is -2.13. The molecule has 0 atom stereocenters. The molecule has 0 spiro atoms. The van der Waals surface area contributed by atoms with Crippen molar-refractivity contribution in [3.05, 3.63) is 47.2 Å². The summed E-state index contributed by atoms with van der Waals surface area (Å²) in [5.74, 6) is 2.10. The van der Waals surface area contributed by atoms with E-state index in [-0.39, 0.29) is 0 Å². The molecule has 4 heteroatoms. The van der Waals surface area contributed by atoms with Crippen molar-refractivity contribution in [3.63, 3.8) is 0 Å². The first kappa shape index (κ1) is 13.5. The molecule has 2 heterocycles. The second-order valence-corrected chi connectivity index (χ2v) is 4.90. The molecule has 0 aliphatic rings. The predicted octanol–water partition coefficient (Wildman–Crippen LogP) is 2.94. The molecule has 0 fully saturated rings. The van der Waals surface area contributed by atoms with Crippen LogP contribution >= 0.6 is 0 Å². The van der Waals surface area contributed by atoms with Gasteiger partial charge in [0, 0.05) is 36.8 Å². The number of aromatic nitrogens is 3. The molecular weight excluding hydrogens is 236 g/mol. The van der Waals surface area contributed by atoms with E-state index < -0.39 is 0 Å². The highest BCUT2D eigenvalue weighted by molar-refractivity contribution is 5.46. The van der Waals surface area contributed by atoms with Crippen molar-refractivity contribution in [3.8, 4) is 0 Å². The van der Waals surface area contributed by atoms with Gasteiger partial charge in [0.2, 0.25) is 0 Å². The highest BCUT2D eigenvalue weighted by Crippen LogP contribution is 2.20. The number of anilines is 1. The van der Waals surface area contributed by atoms with E-state index in [0.717, 1.165) is 35.0 Å². The third-order valence-corrected chi connectivity index (χ3v) is 3.09. The van der Waals surface area contributed by atoms with Gasteiger partial charge in [-0.25, -0.2) is 9.97 Å². The Labute approximate surface area is 114 Å². The topological polar surface area (TPSA) is 50.7 Å². The molecule has 0 bridgehead atoms. The summed E-state index contributed by atoms with van der Waals surface area (Å²) in [4.78, 5) is 13.6. The molecule has 1 N–H and O–H groups in total. The summed E-state index contributed by atoms with van der Waals surface area (Å²) in [5, 5.41) is 3.15. The van der Waals surface area contributed by atoms with Crippen molar-refractivity contribution in [2.45, 2.75) is 33.1 Å². The Kier molecular flexibility index (Phi) is 4.10. The fourth-order valence-electron chi connectivity index (χ4n) is 1.93. The van der Waals surface area contributed by atoms with Crippen molar-refractivity contribution in [1.82, 2.24) is 15.0 Å². The van der Waals surface area contributed by atoms with E-state index in [2.05, 4.69) is 34.1 Å². The molecule has 19 heavy (non-hydrogen) atoms. The maximum absolute atomic E-state index is 4.68. The Hall–Kier alpha value is -1.97. The summed E-state index contributed by atoms with van der Waals surface area (Å²) >= 11 is 0. The first-order valence-electron chi connectivity index (χ1n) is 6.57. The Morgan fingerprint density at radius 3 is 2.58 bits per heavy atom. The van der Waals surface area contributed by atoms with Gasteiger partial charge in [0.1, 0.15) is 11.6 Å². The van der Waals surface area contributed by atoms with Crippen LogP contribution in [0.3, 0.4) is 0 Å². The molecule has 2 aromatic rings. The van der Waals surface area contributed by atoms with E-state index >= 15 is 0 Å². The van der Waals surface area contributed by atoms with Crippen molar-refractivity contribution < 1.29 is 0 Å². The molecule has 0 saturated heterocycles. The van der Waals surface area contributed by atoms with Crippen LogP contribution in [0.1, 0.15) is 42.5 Å². The zero-order valence-corrected chi connectivity index (χ0v) is 11.9. The van der Waals surface area contributed by atoms with Gasteiger partial charge in [-0.1, -0.05) is 19.9 Å². The first-order valence-corrected chi connectivity index (χ1v) is 6.57.